The lowest BCUT2D eigenvalue weighted by molar-refractivity contribution is -0.141. The third-order valence-corrected chi connectivity index (χ3v) is 9.43. The van der Waals surface area contributed by atoms with Gasteiger partial charge in [0.15, 0.2) is 0 Å². The Morgan fingerprint density at radius 2 is 1.45 bits per heavy atom. The number of unbranched alkanes of at least 4 members (excludes halogenated alkanes) is 4. The highest BCUT2D eigenvalue weighted by atomic mass is 16.5. The highest BCUT2D eigenvalue weighted by molar-refractivity contribution is 6.08. The molecule has 5 rings (SSSR count). The Bertz CT molecular complexity index is 1390. The monoisotopic (exact) mass is 647 g/mol. The van der Waals surface area contributed by atoms with Crippen LogP contribution in [0.5, 0.6) is 11.6 Å². The molecular formula is C39H53NO7. The molecule has 3 aromatic rings. The summed E-state index contributed by atoms with van der Waals surface area (Å²) in [6, 6.07) is 14.0. The number of carbonyl (C=O) groups excluding carboxylic acids is 1. The molecule has 0 N–H and O–H groups in total. The van der Waals surface area contributed by atoms with Gasteiger partial charge in [-0.05, 0) is 94.2 Å². The van der Waals surface area contributed by atoms with Crippen molar-refractivity contribution in [2.75, 3.05) is 40.1 Å². The number of methoxy groups -OCH3 is 1. The molecule has 2 aliphatic rings. The zero-order chi connectivity index (χ0) is 32.7. The van der Waals surface area contributed by atoms with Crippen molar-refractivity contribution in [3.63, 3.8) is 0 Å². The van der Waals surface area contributed by atoms with E-state index in [-0.39, 0.29) is 30.2 Å². The third kappa shape index (κ3) is 10.7. The number of fused-ring (bicyclic) bond motifs is 3. The molecule has 0 atom stereocenters. The molecule has 0 radical (unpaired) electrons. The number of benzene rings is 2. The maximum absolute atomic E-state index is 13.2. The number of hydrogen-bond donors (Lipinski definition) is 0. The number of aromatic nitrogens is 1. The Balaban J connectivity index is 1.12. The summed E-state index contributed by atoms with van der Waals surface area (Å²) in [7, 11) is 1.67. The Labute approximate surface area is 280 Å². The largest absolute Gasteiger partial charge is 0.474 e. The first kappa shape index (κ1) is 35.3. The average Bonchev–Trinajstić information content (AvgIpc) is 3.10. The summed E-state index contributed by atoms with van der Waals surface area (Å²) in [5.74, 6) is 0.885. The van der Waals surface area contributed by atoms with Crippen molar-refractivity contribution in [1.29, 1.82) is 0 Å². The van der Waals surface area contributed by atoms with E-state index < -0.39 is 0 Å². The van der Waals surface area contributed by atoms with E-state index in [2.05, 4.69) is 18.7 Å². The second-order valence-electron chi connectivity index (χ2n) is 12.9. The predicted molar refractivity (Wildman–Crippen MR) is 185 cm³/mol. The SMILES string of the molecule is C=CCCCCCCOC1CCC(C(=O)Oc2ccc3c(c2)nc(OC2CCC(OCCOCCOC)CC2)c2ccccc23)CC1. The minimum atomic E-state index is -0.164. The van der Waals surface area contributed by atoms with Crippen LogP contribution in [0, 0.1) is 5.92 Å². The lowest BCUT2D eigenvalue weighted by Gasteiger charge is -2.29. The first-order chi connectivity index (χ1) is 23.1. The van der Waals surface area contributed by atoms with Gasteiger partial charge >= 0.3 is 5.97 Å². The van der Waals surface area contributed by atoms with Crippen LogP contribution in [0.2, 0.25) is 0 Å². The minimum Gasteiger partial charge on any atom is -0.474 e. The van der Waals surface area contributed by atoms with E-state index in [9.17, 15) is 4.79 Å². The van der Waals surface area contributed by atoms with Gasteiger partial charge in [-0.15, -0.1) is 6.58 Å². The first-order valence-electron chi connectivity index (χ1n) is 17.8. The summed E-state index contributed by atoms with van der Waals surface area (Å²) < 4.78 is 35.1. The Hall–Kier alpha value is -3.04. The summed E-state index contributed by atoms with van der Waals surface area (Å²) in [5.41, 5.74) is 0.760. The number of nitrogens with zero attached hydrogens (tertiary/aromatic N) is 1. The molecule has 0 bridgehead atoms. The van der Waals surface area contributed by atoms with Crippen molar-refractivity contribution in [1.82, 2.24) is 4.98 Å². The molecule has 2 fully saturated rings. The van der Waals surface area contributed by atoms with E-state index in [4.69, 9.17) is 33.4 Å². The molecule has 1 aromatic heterocycles. The molecule has 47 heavy (non-hydrogen) atoms. The van der Waals surface area contributed by atoms with Gasteiger partial charge < -0.3 is 28.4 Å². The zero-order valence-corrected chi connectivity index (χ0v) is 28.2. The van der Waals surface area contributed by atoms with Crippen molar-refractivity contribution in [2.24, 2.45) is 5.92 Å². The second kappa shape index (κ2) is 19.1. The highest BCUT2D eigenvalue weighted by Gasteiger charge is 2.29. The zero-order valence-electron chi connectivity index (χ0n) is 28.2. The number of carbonyl (C=O) groups is 1. The van der Waals surface area contributed by atoms with Crippen LogP contribution in [0.15, 0.2) is 55.1 Å². The number of ether oxygens (including phenoxy) is 6. The molecule has 0 saturated heterocycles. The van der Waals surface area contributed by atoms with Crippen LogP contribution >= 0.6 is 0 Å². The summed E-state index contributed by atoms with van der Waals surface area (Å²) >= 11 is 0. The van der Waals surface area contributed by atoms with Crippen LogP contribution in [0.25, 0.3) is 21.7 Å². The van der Waals surface area contributed by atoms with Crippen molar-refractivity contribution in [3.05, 3.63) is 55.1 Å². The van der Waals surface area contributed by atoms with Crippen LogP contribution in [-0.4, -0.2) is 69.4 Å². The smallest absolute Gasteiger partial charge is 0.314 e. The van der Waals surface area contributed by atoms with Crippen molar-refractivity contribution < 1.29 is 33.2 Å². The number of rotatable bonds is 19. The van der Waals surface area contributed by atoms with Crippen LogP contribution in [0.1, 0.15) is 83.5 Å². The van der Waals surface area contributed by atoms with Gasteiger partial charge in [0, 0.05) is 30.6 Å². The molecule has 8 nitrogen and oxygen atoms in total. The third-order valence-electron chi connectivity index (χ3n) is 9.43. The molecule has 2 saturated carbocycles. The Morgan fingerprint density at radius 1 is 0.766 bits per heavy atom. The quantitative estimate of drug-likeness (QED) is 0.0422. The summed E-state index contributed by atoms with van der Waals surface area (Å²) in [6.07, 6.45) is 15.5. The molecule has 0 spiro atoms. The van der Waals surface area contributed by atoms with Crippen LogP contribution in [-0.2, 0) is 23.7 Å². The molecule has 0 aliphatic heterocycles. The molecule has 8 heteroatoms. The Morgan fingerprint density at radius 3 is 2.21 bits per heavy atom. The molecule has 2 aromatic carbocycles. The second-order valence-corrected chi connectivity index (χ2v) is 12.9. The fourth-order valence-electron chi connectivity index (χ4n) is 6.71. The van der Waals surface area contributed by atoms with Gasteiger partial charge in [0.2, 0.25) is 5.88 Å². The fourth-order valence-corrected chi connectivity index (χ4v) is 6.71. The van der Waals surface area contributed by atoms with Crippen molar-refractivity contribution >= 4 is 27.6 Å². The van der Waals surface area contributed by atoms with E-state index in [1.165, 1.54) is 19.3 Å². The highest BCUT2D eigenvalue weighted by Crippen LogP contribution is 2.35. The van der Waals surface area contributed by atoms with Crippen molar-refractivity contribution in [2.45, 2.75) is 102 Å². The molecule has 0 unspecified atom stereocenters. The minimum absolute atomic E-state index is 0.0728. The van der Waals surface area contributed by atoms with Gasteiger partial charge in [0.1, 0.15) is 11.9 Å². The van der Waals surface area contributed by atoms with Crippen LogP contribution < -0.4 is 9.47 Å². The van der Waals surface area contributed by atoms with Crippen LogP contribution in [0.4, 0.5) is 0 Å². The Kier molecular flexibility index (Phi) is 14.3. The summed E-state index contributed by atoms with van der Waals surface area (Å²) in [5, 5.41) is 3.07. The normalized spacial score (nSPS) is 21.6. The topological polar surface area (TPSA) is 85.3 Å². The van der Waals surface area contributed by atoms with Crippen molar-refractivity contribution in [3.8, 4) is 11.6 Å². The molecule has 1 heterocycles. The molecule has 256 valence electrons. The molecule has 0 amide bonds. The predicted octanol–water partition coefficient (Wildman–Crippen LogP) is 8.37. The van der Waals surface area contributed by atoms with Gasteiger partial charge in [-0.25, -0.2) is 4.98 Å². The van der Waals surface area contributed by atoms with Gasteiger partial charge in [-0.1, -0.05) is 37.1 Å². The van der Waals surface area contributed by atoms with Gasteiger partial charge in [-0.2, -0.15) is 0 Å². The van der Waals surface area contributed by atoms with E-state index in [1.54, 1.807) is 7.11 Å². The number of pyridine rings is 1. The van der Waals surface area contributed by atoms with E-state index in [0.717, 1.165) is 92.5 Å². The van der Waals surface area contributed by atoms with E-state index in [1.807, 2.05) is 36.4 Å². The van der Waals surface area contributed by atoms with E-state index >= 15 is 0 Å². The summed E-state index contributed by atoms with van der Waals surface area (Å²) in [4.78, 5) is 18.1. The first-order valence-corrected chi connectivity index (χ1v) is 17.8. The average molecular weight is 648 g/mol. The standard InChI is InChI=1S/C39H53NO7/c1-3-4-5-6-7-10-23-44-30-15-13-29(14-16-30)39(41)47-33-21-22-35-34-11-8-9-12-36(34)38(40-37(35)28-33)46-32-19-17-31(18-20-32)45-27-26-43-25-24-42-2/h3,8-9,11-12,21-22,28-32H,1,4-7,10,13-20,23-27H2,2H3. The van der Waals surface area contributed by atoms with Gasteiger partial charge in [-0.3, -0.25) is 4.79 Å². The van der Waals surface area contributed by atoms with Gasteiger partial charge in [0.05, 0.1) is 50.1 Å². The molecule has 2 aliphatic carbocycles. The van der Waals surface area contributed by atoms with Crippen LogP contribution in [0.3, 0.4) is 0 Å². The number of hydrogen-bond acceptors (Lipinski definition) is 8. The lowest BCUT2D eigenvalue weighted by Crippen LogP contribution is -2.29. The molecular weight excluding hydrogens is 594 g/mol. The van der Waals surface area contributed by atoms with E-state index in [0.29, 0.717) is 38.1 Å². The summed E-state index contributed by atoms with van der Waals surface area (Å²) in [6.45, 7) is 6.95. The maximum atomic E-state index is 13.2. The number of allylic oxidation sites excluding steroid dienone is 1. The maximum Gasteiger partial charge on any atom is 0.314 e. The number of esters is 1. The van der Waals surface area contributed by atoms with Gasteiger partial charge in [0.25, 0.3) is 0 Å². The fraction of sp³-hybridized carbons (Fsp3) is 0.590. The lowest BCUT2D eigenvalue weighted by atomic mass is 9.87.